The largest absolute Gasteiger partial charge is 0.478 e. The van der Waals surface area contributed by atoms with E-state index in [0.29, 0.717) is 21.8 Å². The first-order chi connectivity index (χ1) is 8.39. The lowest BCUT2D eigenvalue weighted by molar-refractivity contribution is -0.134. The van der Waals surface area contributed by atoms with Gasteiger partial charge in [0, 0.05) is 10.4 Å². The van der Waals surface area contributed by atoms with E-state index in [-0.39, 0.29) is 5.56 Å². The lowest BCUT2D eigenvalue weighted by Gasteiger charge is -2.03. The number of rotatable bonds is 2. The minimum absolute atomic E-state index is 0.00641. The van der Waals surface area contributed by atoms with Crippen LogP contribution in [0.1, 0.15) is 15.2 Å². The standard InChI is InChI=1S/C12H7F3O2S/c13-12(14,15)10-6-5-9(18-10)7-3-1-2-4-8(7)11(16)17/h1-6H,(H,16,17). The van der Waals surface area contributed by atoms with Crippen LogP contribution in [0.25, 0.3) is 10.4 Å². The molecule has 0 amide bonds. The number of thiophene rings is 1. The molecule has 94 valence electrons. The van der Waals surface area contributed by atoms with Crippen LogP contribution in [-0.4, -0.2) is 11.1 Å². The summed E-state index contributed by atoms with van der Waals surface area (Å²) >= 11 is 0.536. The molecule has 1 heterocycles. The zero-order valence-corrected chi connectivity index (χ0v) is 9.68. The summed E-state index contributed by atoms with van der Waals surface area (Å²) in [5.41, 5.74) is 0.290. The van der Waals surface area contributed by atoms with Crippen LogP contribution >= 0.6 is 11.3 Å². The van der Waals surface area contributed by atoms with E-state index < -0.39 is 17.0 Å². The maximum absolute atomic E-state index is 12.5. The Morgan fingerprint density at radius 3 is 2.33 bits per heavy atom. The van der Waals surface area contributed by atoms with Crippen molar-refractivity contribution < 1.29 is 23.1 Å². The van der Waals surface area contributed by atoms with Gasteiger partial charge in [-0.1, -0.05) is 18.2 Å². The Hall–Kier alpha value is -1.82. The molecule has 1 N–H and O–H groups in total. The topological polar surface area (TPSA) is 37.3 Å². The van der Waals surface area contributed by atoms with Crippen molar-refractivity contribution in [3.8, 4) is 10.4 Å². The molecule has 0 aliphatic rings. The van der Waals surface area contributed by atoms with Gasteiger partial charge >= 0.3 is 12.1 Å². The van der Waals surface area contributed by atoms with Crippen molar-refractivity contribution in [2.24, 2.45) is 0 Å². The van der Waals surface area contributed by atoms with Gasteiger partial charge in [0.05, 0.1) is 5.56 Å². The number of aromatic carboxylic acids is 1. The smallest absolute Gasteiger partial charge is 0.425 e. The molecule has 2 nitrogen and oxygen atoms in total. The number of carboxylic acid groups (broad SMARTS) is 1. The van der Waals surface area contributed by atoms with Crippen molar-refractivity contribution in [1.29, 1.82) is 0 Å². The SMILES string of the molecule is O=C(O)c1ccccc1-c1ccc(C(F)(F)F)s1. The van der Waals surface area contributed by atoms with Crippen LogP contribution in [0.3, 0.4) is 0 Å². The van der Waals surface area contributed by atoms with Crippen molar-refractivity contribution in [2.45, 2.75) is 6.18 Å². The van der Waals surface area contributed by atoms with Crippen LogP contribution in [0, 0.1) is 0 Å². The van der Waals surface area contributed by atoms with E-state index in [9.17, 15) is 18.0 Å². The zero-order valence-electron chi connectivity index (χ0n) is 8.86. The molecule has 0 unspecified atom stereocenters. The normalized spacial score (nSPS) is 11.5. The number of halogens is 3. The number of alkyl halides is 3. The number of carbonyl (C=O) groups is 1. The van der Waals surface area contributed by atoms with E-state index in [2.05, 4.69) is 0 Å². The molecule has 0 atom stereocenters. The van der Waals surface area contributed by atoms with E-state index in [0.717, 1.165) is 6.07 Å². The summed E-state index contributed by atoms with van der Waals surface area (Å²) in [4.78, 5) is 10.5. The van der Waals surface area contributed by atoms with E-state index >= 15 is 0 Å². The summed E-state index contributed by atoms with van der Waals surface area (Å²) < 4.78 is 37.4. The summed E-state index contributed by atoms with van der Waals surface area (Å²) in [6, 6.07) is 8.23. The van der Waals surface area contributed by atoms with E-state index in [1.54, 1.807) is 6.07 Å². The molecule has 0 radical (unpaired) electrons. The Bertz CT molecular complexity index is 587. The molecule has 1 aromatic heterocycles. The van der Waals surface area contributed by atoms with Crippen LogP contribution in [0.2, 0.25) is 0 Å². The first kappa shape index (κ1) is 12.6. The number of hydrogen-bond acceptors (Lipinski definition) is 2. The number of benzene rings is 1. The highest BCUT2D eigenvalue weighted by Crippen LogP contribution is 2.39. The van der Waals surface area contributed by atoms with Gasteiger partial charge in [0.1, 0.15) is 4.88 Å². The molecule has 6 heteroatoms. The predicted molar refractivity (Wildman–Crippen MR) is 61.7 cm³/mol. The maximum Gasteiger partial charge on any atom is 0.425 e. The molecule has 18 heavy (non-hydrogen) atoms. The van der Waals surface area contributed by atoms with Crippen LogP contribution in [0.5, 0.6) is 0 Å². The van der Waals surface area contributed by atoms with Crippen LogP contribution in [0.15, 0.2) is 36.4 Å². The third kappa shape index (κ3) is 2.38. The molecule has 0 spiro atoms. The molecular formula is C12H7F3O2S. The summed E-state index contributed by atoms with van der Waals surface area (Å²) in [5.74, 6) is -1.16. The fourth-order valence-electron chi connectivity index (χ4n) is 1.52. The molecular weight excluding hydrogens is 265 g/mol. The molecule has 0 fully saturated rings. The molecule has 0 saturated carbocycles. The van der Waals surface area contributed by atoms with Gasteiger partial charge in [-0.2, -0.15) is 13.2 Å². The van der Waals surface area contributed by atoms with Crippen LogP contribution in [-0.2, 0) is 6.18 Å². The average Bonchev–Trinajstić information content (AvgIpc) is 2.77. The van der Waals surface area contributed by atoms with Gasteiger partial charge in [0.15, 0.2) is 0 Å². The van der Waals surface area contributed by atoms with E-state index in [1.165, 1.54) is 24.3 Å². The van der Waals surface area contributed by atoms with Crippen LogP contribution < -0.4 is 0 Å². The zero-order chi connectivity index (χ0) is 13.3. The molecule has 0 saturated heterocycles. The first-order valence-electron chi connectivity index (χ1n) is 4.89. The van der Waals surface area contributed by atoms with E-state index in [1.807, 2.05) is 0 Å². The number of carboxylic acids is 1. The Kier molecular flexibility index (Phi) is 3.13. The van der Waals surface area contributed by atoms with Crippen LogP contribution in [0.4, 0.5) is 13.2 Å². The molecule has 0 aliphatic carbocycles. The van der Waals surface area contributed by atoms with Crippen molar-refractivity contribution in [2.75, 3.05) is 0 Å². The van der Waals surface area contributed by atoms with Gasteiger partial charge in [-0.05, 0) is 18.2 Å². The first-order valence-corrected chi connectivity index (χ1v) is 5.71. The summed E-state index contributed by atoms with van der Waals surface area (Å²) in [6.45, 7) is 0. The predicted octanol–water partition coefficient (Wildman–Crippen LogP) is 4.13. The molecule has 0 bridgehead atoms. The second kappa shape index (κ2) is 4.45. The molecule has 1 aromatic carbocycles. The highest BCUT2D eigenvalue weighted by Gasteiger charge is 2.32. The monoisotopic (exact) mass is 272 g/mol. The minimum atomic E-state index is -4.40. The average molecular weight is 272 g/mol. The Morgan fingerprint density at radius 1 is 1.11 bits per heavy atom. The van der Waals surface area contributed by atoms with Gasteiger partial charge in [-0.15, -0.1) is 11.3 Å². The molecule has 2 rings (SSSR count). The van der Waals surface area contributed by atoms with Gasteiger partial charge in [0.25, 0.3) is 0 Å². The molecule has 2 aromatic rings. The Morgan fingerprint density at radius 2 is 1.78 bits per heavy atom. The Balaban J connectivity index is 2.50. The lowest BCUT2D eigenvalue weighted by atomic mass is 10.1. The van der Waals surface area contributed by atoms with Crippen molar-refractivity contribution in [3.05, 3.63) is 46.8 Å². The van der Waals surface area contributed by atoms with Crippen molar-refractivity contribution >= 4 is 17.3 Å². The number of hydrogen-bond donors (Lipinski definition) is 1. The van der Waals surface area contributed by atoms with Crippen molar-refractivity contribution in [3.63, 3.8) is 0 Å². The third-order valence-corrected chi connectivity index (χ3v) is 3.47. The fourth-order valence-corrected chi connectivity index (χ4v) is 2.43. The fraction of sp³-hybridized carbons (Fsp3) is 0.0833. The highest BCUT2D eigenvalue weighted by molar-refractivity contribution is 7.15. The second-order valence-electron chi connectivity index (χ2n) is 3.51. The highest BCUT2D eigenvalue weighted by atomic mass is 32.1. The summed E-state index contributed by atoms with van der Waals surface area (Å²) in [7, 11) is 0. The second-order valence-corrected chi connectivity index (χ2v) is 4.60. The van der Waals surface area contributed by atoms with Gasteiger partial charge in [-0.25, -0.2) is 4.79 Å². The van der Waals surface area contributed by atoms with E-state index in [4.69, 9.17) is 5.11 Å². The summed E-state index contributed by atoms with van der Waals surface area (Å²) in [5, 5.41) is 8.98. The van der Waals surface area contributed by atoms with Gasteiger partial charge in [0.2, 0.25) is 0 Å². The summed E-state index contributed by atoms with van der Waals surface area (Å²) in [6.07, 6.45) is -4.40. The van der Waals surface area contributed by atoms with Gasteiger partial charge in [-0.3, -0.25) is 0 Å². The Labute approximate surface area is 104 Å². The lowest BCUT2D eigenvalue weighted by Crippen LogP contribution is -2.00. The van der Waals surface area contributed by atoms with Gasteiger partial charge < -0.3 is 5.11 Å². The maximum atomic E-state index is 12.5. The molecule has 0 aliphatic heterocycles. The van der Waals surface area contributed by atoms with Crippen molar-refractivity contribution in [1.82, 2.24) is 0 Å². The minimum Gasteiger partial charge on any atom is -0.478 e. The quantitative estimate of drug-likeness (QED) is 0.892. The third-order valence-electron chi connectivity index (χ3n) is 2.31.